The zero-order valence-electron chi connectivity index (χ0n) is 14.0. The minimum absolute atomic E-state index is 0.0479. The van der Waals surface area contributed by atoms with E-state index in [9.17, 15) is 14.4 Å². The lowest BCUT2D eigenvalue weighted by Gasteiger charge is -2.33. The van der Waals surface area contributed by atoms with E-state index in [4.69, 9.17) is 5.73 Å². The number of benzene rings is 1. The van der Waals surface area contributed by atoms with Crippen LogP contribution in [0.1, 0.15) is 25.3 Å². The molecule has 7 nitrogen and oxygen atoms in total. The van der Waals surface area contributed by atoms with Crippen molar-refractivity contribution in [1.29, 1.82) is 0 Å². The van der Waals surface area contributed by atoms with Crippen LogP contribution in [0.3, 0.4) is 0 Å². The van der Waals surface area contributed by atoms with Crippen LogP contribution in [-0.2, 0) is 16.0 Å². The van der Waals surface area contributed by atoms with Crippen molar-refractivity contribution >= 4 is 23.5 Å². The molecule has 1 aliphatic rings. The summed E-state index contributed by atoms with van der Waals surface area (Å²) in [6.07, 6.45) is 3.32. The van der Waals surface area contributed by atoms with Crippen LogP contribution in [0.4, 0.5) is 10.5 Å². The molecule has 4 amide bonds. The van der Waals surface area contributed by atoms with Gasteiger partial charge >= 0.3 is 6.03 Å². The van der Waals surface area contributed by atoms with Crippen LogP contribution in [0.25, 0.3) is 0 Å². The maximum atomic E-state index is 12.3. The van der Waals surface area contributed by atoms with Crippen molar-refractivity contribution in [2.45, 2.75) is 26.2 Å². The van der Waals surface area contributed by atoms with Gasteiger partial charge < -0.3 is 20.9 Å². The molecule has 7 heteroatoms. The predicted molar refractivity (Wildman–Crippen MR) is 91.4 cm³/mol. The molecule has 1 heterocycles. The molecule has 1 fully saturated rings. The molecule has 3 N–H and O–H groups in total. The molecule has 0 bridgehead atoms. The number of hydrogen-bond acceptors (Lipinski definition) is 3. The van der Waals surface area contributed by atoms with Gasteiger partial charge in [0.1, 0.15) is 6.54 Å². The van der Waals surface area contributed by atoms with Gasteiger partial charge in [-0.1, -0.05) is 25.5 Å². The van der Waals surface area contributed by atoms with Crippen LogP contribution >= 0.6 is 0 Å². The van der Waals surface area contributed by atoms with Crippen LogP contribution in [0.2, 0.25) is 0 Å². The normalized spacial score (nSPS) is 14.6. The van der Waals surface area contributed by atoms with Crippen molar-refractivity contribution in [3.63, 3.8) is 0 Å². The van der Waals surface area contributed by atoms with Gasteiger partial charge in [-0.2, -0.15) is 0 Å². The van der Waals surface area contributed by atoms with Crippen LogP contribution in [0.15, 0.2) is 24.3 Å². The Kier molecular flexibility index (Phi) is 6.17. The van der Waals surface area contributed by atoms with Crippen LogP contribution < -0.4 is 11.1 Å². The first-order valence-corrected chi connectivity index (χ1v) is 8.20. The fourth-order valence-electron chi connectivity index (χ4n) is 2.58. The standard InChI is InChI=1S/C17H24N4O3/c1-2-3-4-13-5-7-14(8-6-13)19-17(24)21-10-9-20(11-15(18)22)16(23)12-21/h5-8H,2-4,9-12H2,1H3,(H2,18,22)(H,19,24). The summed E-state index contributed by atoms with van der Waals surface area (Å²) < 4.78 is 0. The Morgan fingerprint density at radius 2 is 1.92 bits per heavy atom. The Bertz CT molecular complexity index is 600. The highest BCUT2D eigenvalue weighted by Gasteiger charge is 2.27. The van der Waals surface area contributed by atoms with Gasteiger partial charge in [-0.15, -0.1) is 0 Å². The third-order valence-corrected chi connectivity index (χ3v) is 3.98. The van der Waals surface area contributed by atoms with Gasteiger partial charge in [0.25, 0.3) is 0 Å². The number of piperazine rings is 1. The lowest BCUT2D eigenvalue weighted by Crippen LogP contribution is -2.54. The van der Waals surface area contributed by atoms with Gasteiger partial charge in [0.2, 0.25) is 11.8 Å². The maximum Gasteiger partial charge on any atom is 0.322 e. The monoisotopic (exact) mass is 332 g/mol. The lowest BCUT2D eigenvalue weighted by atomic mass is 10.1. The van der Waals surface area contributed by atoms with Crippen LogP contribution in [-0.4, -0.2) is 53.8 Å². The molecule has 1 saturated heterocycles. The van der Waals surface area contributed by atoms with Crippen molar-refractivity contribution in [3.05, 3.63) is 29.8 Å². The number of hydrogen-bond donors (Lipinski definition) is 2. The Balaban J connectivity index is 1.86. The molecule has 0 spiro atoms. The number of anilines is 1. The zero-order chi connectivity index (χ0) is 17.5. The summed E-state index contributed by atoms with van der Waals surface area (Å²) in [5.74, 6) is -0.825. The molecule has 0 unspecified atom stereocenters. The molecule has 0 atom stereocenters. The zero-order valence-corrected chi connectivity index (χ0v) is 14.0. The van der Waals surface area contributed by atoms with Crippen molar-refractivity contribution in [3.8, 4) is 0 Å². The van der Waals surface area contributed by atoms with Crippen LogP contribution in [0.5, 0.6) is 0 Å². The summed E-state index contributed by atoms with van der Waals surface area (Å²) >= 11 is 0. The molecule has 0 radical (unpaired) electrons. The highest BCUT2D eigenvalue weighted by molar-refractivity contribution is 5.93. The largest absolute Gasteiger partial charge is 0.368 e. The summed E-state index contributed by atoms with van der Waals surface area (Å²) in [7, 11) is 0. The first-order chi connectivity index (χ1) is 11.5. The van der Waals surface area contributed by atoms with E-state index >= 15 is 0 Å². The van der Waals surface area contributed by atoms with E-state index in [1.807, 2.05) is 24.3 Å². The lowest BCUT2D eigenvalue weighted by molar-refractivity contribution is -0.138. The Hall–Kier alpha value is -2.57. The number of primary amides is 1. The predicted octanol–water partition coefficient (Wildman–Crippen LogP) is 1.19. The molecule has 24 heavy (non-hydrogen) atoms. The molecule has 130 valence electrons. The van der Waals surface area contributed by atoms with Gasteiger partial charge in [0.05, 0.1) is 6.54 Å². The second-order valence-corrected chi connectivity index (χ2v) is 5.93. The average molecular weight is 332 g/mol. The summed E-state index contributed by atoms with van der Waals surface area (Å²) in [6.45, 7) is 2.69. The highest BCUT2D eigenvalue weighted by Crippen LogP contribution is 2.13. The van der Waals surface area contributed by atoms with Gasteiger partial charge in [-0.05, 0) is 30.5 Å². The Morgan fingerprint density at radius 3 is 2.50 bits per heavy atom. The second-order valence-electron chi connectivity index (χ2n) is 5.93. The summed E-state index contributed by atoms with van der Waals surface area (Å²) in [6, 6.07) is 7.42. The molecule has 1 aliphatic heterocycles. The quantitative estimate of drug-likeness (QED) is 0.819. The maximum absolute atomic E-state index is 12.3. The van der Waals surface area contributed by atoms with E-state index in [-0.39, 0.29) is 25.0 Å². The number of aryl methyl sites for hydroxylation is 1. The number of nitrogens with two attached hydrogens (primary N) is 1. The number of rotatable bonds is 6. The van der Waals surface area contributed by atoms with Crippen molar-refractivity contribution in [2.75, 3.05) is 31.5 Å². The van der Waals surface area contributed by atoms with Crippen LogP contribution in [0, 0.1) is 0 Å². The minimum Gasteiger partial charge on any atom is -0.368 e. The van der Waals surface area contributed by atoms with E-state index in [0.29, 0.717) is 18.8 Å². The Morgan fingerprint density at radius 1 is 1.21 bits per heavy atom. The first-order valence-electron chi connectivity index (χ1n) is 8.20. The number of carbonyl (C=O) groups excluding carboxylic acids is 3. The number of urea groups is 1. The molecule has 2 rings (SSSR count). The van der Waals surface area contributed by atoms with E-state index in [1.165, 1.54) is 15.4 Å². The number of nitrogens with zero attached hydrogens (tertiary/aromatic N) is 2. The fraction of sp³-hybridized carbons (Fsp3) is 0.471. The SMILES string of the molecule is CCCCc1ccc(NC(=O)N2CCN(CC(N)=O)C(=O)C2)cc1. The van der Waals surface area contributed by atoms with Crippen molar-refractivity contribution < 1.29 is 14.4 Å². The summed E-state index contributed by atoms with van der Waals surface area (Å²) in [4.78, 5) is 37.9. The molecule has 0 aliphatic carbocycles. The number of nitrogens with one attached hydrogen (secondary N) is 1. The Labute approximate surface area is 141 Å². The van der Waals surface area contributed by atoms with E-state index < -0.39 is 5.91 Å². The molecular formula is C17H24N4O3. The molecule has 0 aromatic heterocycles. The first kappa shape index (κ1) is 17.8. The van der Waals surface area contributed by atoms with Gasteiger partial charge in [-0.3, -0.25) is 9.59 Å². The van der Waals surface area contributed by atoms with Crippen molar-refractivity contribution in [2.24, 2.45) is 5.73 Å². The number of carbonyl (C=O) groups is 3. The third kappa shape index (κ3) is 4.97. The second kappa shape index (κ2) is 8.33. The smallest absolute Gasteiger partial charge is 0.322 e. The summed E-state index contributed by atoms with van der Waals surface area (Å²) in [5, 5.41) is 2.80. The van der Waals surface area contributed by atoms with Gasteiger partial charge in [-0.25, -0.2) is 4.79 Å². The minimum atomic E-state index is -0.551. The molecular weight excluding hydrogens is 308 g/mol. The third-order valence-electron chi connectivity index (χ3n) is 3.98. The fourth-order valence-corrected chi connectivity index (χ4v) is 2.58. The topological polar surface area (TPSA) is 95.7 Å². The number of amides is 4. The average Bonchev–Trinajstić information content (AvgIpc) is 2.55. The molecule has 0 saturated carbocycles. The highest BCUT2D eigenvalue weighted by atomic mass is 16.2. The van der Waals surface area contributed by atoms with Gasteiger partial charge in [0.15, 0.2) is 0 Å². The number of unbranched alkanes of at least 4 members (excludes halogenated alkanes) is 1. The molecule has 1 aromatic rings. The van der Waals surface area contributed by atoms with Gasteiger partial charge in [0, 0.05) is 18.8 Å². The van der Waals surface area contributed by atoms with E-state index in [2.05, 4.69) is 12.2 Å². The van der Waals surface area contributed by atoms with E-state index in [0.717, 1.165) is 19.3 Å². The molecule has 1 aromatic carbocycles. The van der Waals surface area contributed by atoms with E-state index in [1.54, 1.807) is 0 Å². The van der Waals surface area contributed by atoms with Crippen molar-refractivity contribution in [1.82, 2.24) is 9.80 Å². The summed E-state index contributed by atoms with van der Waals surface area (Å²) in [5.41, 5.74) is 7.04.